The van der Waals surface area contributed by atoms with E-state index in [9.17, 15) is 8.42 Å². The van der Waals surface area contributed by atoms with Crippen LogP contribution in [-0.2, 0) is 29.4 Å². The zero-order valence-electron chi connectivity index (χ0n) is 14.2. The van der Waals surface area contributed by atoms with Crippen molar-refractivity contribution < 1.29 is 8.42 Å². The van der Waals surface area contributed by atoms with E-state index in [1.54, 1.807) is 4.31 Å². The summed E-state index contributed by atoms with van der Waals surface area (Å²) in [5, 5.41) is 4.27. The molecule has 0 unspecified atom stereocenters. The summed E-state index contributed by atoms with van der Waals surface area (Å²) in [5.41, 5.74) is 3.21. The van der Waals surface area contributed by atoms with Crippen molar-refractivity contribution in [2.45, 2.75) is 19.2 Å². The van der Waals surface area contributed by atoms with E-state index >= 15 is 0 Å². The standard InChI is InChI=1S/C17H24N4O2S/c1-15-17(12-18-19(15)2)13-20-8-10-21(11-9-20)24(22,23)14-16-6-4-3-5-7-16/h3-7,12H,8-11,13-14H2,1-2H3. The Morgan fingerprint density at radius 2 is 1.75 bits per heavy atom. The van der Waals surface area contributed by atoms with Crippen molar-refractivity contribution >= 4 is 10.0 Å². The number of aromatic nitrogens is 2. The van der Waals surface area contributed by atoms with Crippen molar-refractivity contribution in [1.29, 1.82) is 0 Å². The summed E-state index contributed by atoms with van der Waals surface area (Å²) in [6, 6.07) is 9.37. The summed E-state index contributed by atoms with van der Waals surface area (Å²) >= 11 is 0. The first-order valence-electron chi connectivity index (χ1n) is 8.17. The Morgan fingerprint density at radius 1 is 1.08 bits per heavy atom. The van der Waals surface area contributed by atoms with Crippen molar-refractivity contribution in [3.63, 3.8) is 0 Å². The average Bonchev–Trinajstić information content (AvgIpc) is 2.88. The van der Waals surface area contributed by atoms with Gasteiger partial charge in [-0.2, -0.15) is 9.40 Å². The van der Waals surface area contributed by atoms with E-state index in [0.29, 0.717) is 13.1 Å². The number of aryl methyl sites for hydroxylation is 1. The highest BCUT2D eigenvalue weighted by Crippen LogP contribution is 2.16. The molecule has 1 aliphatic heterocycles. The van der Waals surface area contributed by atoms with Gasteiger partial charge in [0.1, 0.15) is 0 Å². The van der Waals surface area contributed by atoms with Gasteiger partial charge >= 0.3 is 0 Å². The second kappa shape index (κ2) is 7.04. The highest BCUT2D eigenvalue weighted by atomic mass is 32.2. The van der Waals surface area contributed by atoms with Gasteiger partial charge in [-0.05, 0) is 12.5 Å². The number of rotatable bonds is 5. The summed E-state index contributed by atoms with van der Waals surface area (Å²) in [6.45, 7) is 5.49. The topological polar surface area (TPSA) is 58.4 Å². The van der Waals surface area contributed by atoms with E-state index in [1.165, 1.54) is 5.56 Å². The lowest BCUT2D eigenvalue weighted by molar-refractivity contribution is 0.181. The normalized spacial score (nSPS) is 17.2. The van der Waals surface area contributed by atoms with Crippen LogP contribution >= 0.6 is 0 Å². The van der Waals surface area contributed by atoms with Gasteiger partial charge in [0, 0.05) is 51.0 Å². The molecule has 7 heteroatoms. The lowest BCUT2D eigenvalue weighted by atomic mass is 10.2. The fourth-order valence-corrected chi connectivity index (χ4v) is 4.50. The second-order valence-electron chi connectivity index (χ2n) is 6.30. The first-order valence-corrected chi connectivity index (χ1v) is 9.78. The zero-order chi connectivity index (χ0) is 17.2. The van der Waals surface area contributed by atoms with E-state index < -0.39 is 10.0 Å². The van der Waals surface area contributed by atoms with Gasteiger partial charge in [0.05, 0.1) is 11.9 Å². The molecule has 130 valence electrons. The highest BCUT2D eigenvalue weighted by Gasteiger charge is 2.27. The lowest BCUT2D eigenvalue weighted by Crippen LogP contribution is -2.48. The summed E-state index contributed by atoms with van der Waals surface area (Å²) < 4.78 is 28.6. The van der Waals surface area contributed by atoms with Crippen LogP contribution in [0.3, 0.4) is 0 Å². The van der Waals surface area contributed by atoms with Crippen LogP contribution in [0.25, 0.3) is 0 Å². The molecule has 1 aromatic carbocycles. The Balaban J connectivity index is 1.57. The summed E-state index contributed by atoms with van der Waals surface area (Å²) in [6.07, 6.45) is 1.90. The fraction of sp³-hybridized carbons (Fsp3) is 0.471. The van der Waals surface area contributed by atoms with Crippen LogP contribution < -0.4 is 0 Å². The number of nitrogens with zero attached hydrogens (tertiary/aromatic N) is 4. The second-order valence-corrected chi connectivity index (χ2v) is 8.26. The minimum absolute atomic E-state index is 0.0789. The van der Waals surface area contributed by atoms with Crippen LogP contribution in [0.5, 0.6) is 0 Å². The molecule has 0 amide bonds. The third-order valence-corrected chi connectivity index (χ3v) is 6.50. The minimum Gasteiger partial charge on any atom is -0.296 e. The SMILES string of the molecule is Cc1c(CN2CCN(S(=O)(=O)Cc3ccccc3)CC2)cnn1C. The van der Waals surface area contributed by atoms with Crippen LogP contribution in [0, 0.1) is 6.92 Å². The van der Waals surface area contributed by atoms with Gasteiger partial charge in [0.2, 0.25) is 10.0 Å². The predicted molar refractivity (Wildman–Crippen MR) is 93.9 cm³/mol. The van der Waals surface area contributed by atoms with Gasteiger partial charge in [0.25, 0.3) is 0 Å². The molecular weight excluding hydrogens is 324 g/mol. The summed E-state index contributed by atoms with van der Waals surface area (Å²) in [7, 11) is -1.31. The van der Waals surface area contributed by atoms with Crippen LogP contribution in [0.4, 0.5) is 0 Å². The van der Waals surface area contributed by atoms with Crippen molar-refractivity contribution in [2.75, 3.05) is 26.2 Å². The molecule has 0 aliphatic carbocycles. The van der Waals surface area contributed by atoms with E-state index in [4.69, 9.17) is 0 Å². The number of hydrogen-bond acceptors (Lipinski definition) is 4. The highest BCUT2D eigenvalue weighted by molar-refractivity contribution is 7.88. The monoisotopic (exact) mass is 348 g/mol. The van der Waals surface area contributed by atoms with Crippen molar-refractivity contribution in [3.8, 4) is 0 Å². The Bertz CT molecular complexity index is 778. The van der Waals surface area contributed by atoms with Gasteiger partial charge in [-0.25, -0.2) is 8.42 Å². The fourth-order valence-electron chi connectivity index (χ4n) is 2.98. The predicted octanol–water partition coefficient (Wildman–Crippen LogP) is 1.38. The molecule has 1 saturated heterocycles. The maximum absolute atomic E-state index is 12.6. The van der Waals surface area contributed by atoms with Gasteiger partial charge in [-0.3, -0.25) is 9.58 Å². The Kier molecular flexibility index (Phi) is 5.03. The molecule has 0 N–H and O–H groups in total. The van der Waals surface area contributed by atoms with E-state index in [0.717, 1.165) is 30.9 Å². The van der Waals surface area contributed by atoms with Crippen molar-refractivity contribution in [2.24, 2.45) is 7.05 Å². The maximum Gasteiger partial charge on any atom is 0.218 e. The van der Waals surface area contributed by atoms with Crippen molar-refractivity contribution in [3.05, 3.63) is 53.3 Å². The molecular formula is C17H24N4O2S. The largest absolute Gasteiger partial charge is 0.296 e. The number of hydrogen-bond donors (Lipinski definition) is 0. The summed E-state index contributed by atoms with van der Waals surface area (Å²) in [5.74, 6) is 0.0789. The van der Waals surface area contributed by atoms with Gasteiger partial charge < -0.3 is 0 Å². The molecule has 0 saturated carbocycles. The van der Waals surface area contributed by atoms with E-state index in [1.807, 2.05) is 48.3 Å². The number of sulfonamides is 1. The molecule has 2 aromatic rings. The van der Waals surface area contributed by atoms with E-state index in [2.05, 4.69) is 16.9 Å². The molecule has 6 nitrogen and oxygen atoms in total. The molecule has 1 fully saturated rings. The number of benzene rings is 1. The molecule has 0 bridgehead atoms. The molecule has 24 heavy (non-hydrogen) atoms. The smallest absolute Gasteiger partial charge is 0.218 e. The first kappa shape index (κ1) is 17.1. The molecule has 2 heterocycles. The van der Waals surface area contributed by atoms with Crippen LogP contribution in [0.2, 0.25) is 0 Å². The average molecular weight is 348 g/mol. The molecule has 0 spiro atoms. The first-order chi connectivity index (χ1) is 11.5. The van der Waals surface area contributed by atoms with Crippen LogP contribution in [-0.4, -0.2) is 53.6 Å². The Hall–Kier alpha value is -1.70. The third kappa shape index (κ3) is 3.85. The molecule has 1 aromatic heterocycles. The van der Waals surface area contributed by atoms with Crippen molar-refractivity contribution in [1.82, 2.24) is 19.0 Å². The quantitative estimate of drug-likeness (QED) is 0.819. The zero-order valence-corrected chi connectivity index (χ0v) is 15.0. The van der Waals surface area contributed by atoms with E-state index in [-0.39, 0.29) is 5.75 Å². The third-order valence-electron chi connectivity index (χ3n) is 4.65. The lowest BCUT2D eigenvalue weighted by Gasteiger charge is -2.33. The number of piperazine rings is 1. The molecule has 0 atom stereocenters. The minimum atomic E-state index is -3.25. The van der Waals surface area contributed by atoms with Gasteiger partial charge in [-0.1, -0.05) is 30.3 Å². The summed E-state index contributed by atoms with van der Waals surface area (Å²) in [4.78, 5) is 2.29. The molecule has 3 rings (SSSR count). The molecule has 1 aliphatic rings. The Labute approximate surface area is 143 Å². The van der Waals surface area contributed by atoms with Gasteiger partial charge in [0.15, 0.2) is 0 Å². The molecule has 0 radical (unpaired) electrons. The van der Waals surface area contributed by atoms with Crippen LogP contribution in [0.15, 0.2) is 36.5 Å². The Morgan fingerprint density at radius 3 is 2.33 bits per heavy atom. The van der Waals surface area contributed by atoms with Gasteiger partial charge in [-0.15, -0.1) is 0 Å². The maximum atomic E-state index is 12.6. The van der Waals surface area contributed by atoms with Crippen LogP contribution in [0.1, 0.15) is 16.8 Å².